The van der Waals surface area contributed by atoms with Crippen LogP contribution >= 0.6 is 0 Å². The fourth-order valence-electron chi connectivity index (χ4n) is 4.15. The van der Waals surface area contributed by atoms with Gasteiger partial charge in [0.1, 0.15) is 35.9 Å². The van der Waals surface area contributed by atoms with Gasteiger partial charge in [0, 0.05) is 16.6 Å². The van der Waals surface area contributed by atoms with E-state index in [1.54, 1.807) is 13.8 Å². The predicted molar refractivity (Wildman–Crippen MR) is 155 cm³/mol. The Labute approximate surface area is 234 Å². The Morgan fingerprint density at radius 1 is 0.692 bits per heavy atom. The summed E-state index contributed by atoms with van der Waals surface area (Å²) < 4.78 is 23.2. The van der Waals surface area contributed by atoms with E-state index < -0.39 is 11.9 Å². The van der Waals surface area contributed by atoms with Crippen LogP contribution in [-0.4, -0.2) is 36.4 Å². The molecule has 0 saturated heterocycles. The molecule has 0 aliphatic carbocycles. The summed E-state index contributed by atoms with van der Waals surface area (Å²) in [7, 11) is 0. The number of hydrogen-bond acceptors (Lipinski definition) is 6. The van der Waals surface area contributed by atoms with Crippen LogP contribution in [0.1, 0.15) is 79.4 Å². The predicted octanol–water partition coefficient (Wildman–Crippen LogP) is 7.34. The molecule has 0 aliphatic rings. The number of esters is 2. The highest BCUT2D eigenvalue weighted by Crippen LogP contribution is 2.34. The van der Waals surface area contributed by atoms with E-state index in [1.165, 1.54) is 0 Å². The normalized spacial score (nSPS) is 14.4. The van der Waals surface area contributed by atoms with Gasteiger partial charge in [-0.3, -0.25) is 0 Å². The monoisotopic (exact) mass is 536 g/mol. The van der Waals surface area contributed by atoms with Gasteiger partial charge in [0.15, 0.2) is 0 Å². The van der Waals surface area contributed by atoms with Gasteiger partial charge in [0.05, 0.1) is 0 Å². The number of ether oxygens (including phenoxy) is 4. The second-order valence-electron chi connectivity index (χ2n) is 10.6. The standard InChI is InChI=1S/C33H44O6/c1-11-29(38-31(34)21(3)4)23(7)36-27-17-13-25(14-18-27)33(9,10)26-15-19-28(20-16-26)37-24(8)30(12-2)39-32(35)22(5)6/h13-20,23-24,29-30H,3,5,11-12H2,1-2,4,6-10H3. The van der Waals surface area contributed by atoms with Crippen molar-refractivity contribution >= 4 is 11.9 Å². The van der Waals surface area contributed by atoms with Crippen molar-refractivity contribution in [2.45, 2.75) is 98.1 Å². The molecule has 0 saturated carbocycles. The molecule has 212 valence electrons. The first-order valence-corrected chi connectivity index (χ1v) is 13.6. The molecule has 0 spiro atoms. The van der Waals surface area contributed by atoms with Crippen molar-refractivity contribution in [3.63, 3.8) is 0 Å². The van der Waals surface area contributed by atoms with Crippen molar-refractivity contribution in [1.29, 1.82) is 0 Å². The molecular weight excluding hydrogens is 492 g/mol. The van der Waals surface area contributed by atoms with E-state index >= 15 is 0 Å². The topological polar surface area (TPSA) is 71.1 Å². The van der Waals surface area contributed by atoms with E-state index in [-0.39, 0.29) is 29.8 Å². The highest BCUT2D eigenvalue weighted by Gasteiger charge is 2.26. The first-order valence-electron chi connectivity index (χ1n) is 13.6. The maximum atomic E-state index is 11.9. The van der Waals surface area contributed by atoms with Crippen molar-refractivity contribution in [2.24, 2.45) is 0 Å². The summed E-state index contributed by atoms with van der Waals surface area (Å²) in [6, 6.07) is 16.0. The van der Waals surface area contributed by atoms with Crippen molar-refractivity contribution in [3.05, 3.63) is 84.0 Å². The zero-order chi connectivity index (χ0) is 29.3. The molecule has 6 nitrogen and oxygen atoms in total. The maximum Gasteiger partial charge on any atom is 0.333 e. The Morgan fingerprint density at radius 3 is 1.26 bits per heavy atom. The Bertz CT molecular complexity index is 1040. The Hall–Kier alpha value is -3.54. The SMILES string of the molecule is C=C(C)C(=O)OC(CC)C(C)Oc1ccc(C(C)(C)c2ccc(OC(C)C(CC)OC(=O)C(=C)C)cc2)cc1. The lowest BCUT2D eigenvalue weighted by atomic mass is 9.78. The molecule has 0 heterocycles. The van der Waals surface area contributed by atoms with Gasteiger partial charge in [-0.1, -0.05) is 65.1 Å². The third-order valence-corrected chi connectivity index (χ3v) is 6.86. The third-order valence-electron chi connectivity index (χ3n) is 6.86. The number of benzene rings is 2. The van der Waals surface area contributed by atoms with Crippen LogP contribution in [-0.2, 0) is 24.5 Å². The Kier molecular flexibility index (Phi) is 11.4. The molecule has 39 heavy (non-hydrogen) atoms. The van der Waals surface area contributed by atoms with Crippen LogP contribution < -0.4 is 9.47 Å². The molecule has 4 unspecified atom stereocenters. The van der Waals surface area contributed by atoms with Gasteiger partial charge in [0.2, 0.25) is 0 Å². The molecule has 6 heteroatoms. The quantitative estimate of drug-likeness (QED) is 0.186. The molecule has 0 aliphatic heterocycles. The van der Waals surface area contributed by atoms with Gasteiger partial charge in [-0.05, 0) is 75.9 Å². The van der Waals surface area contributed by atoms with Crippen LogP contribution in [0.3, 0.4) is 0 Å². The van der Waals surface area contributed by atoms with E-state index in [0.29, 0.717) is 35.5 Å². The molecule has 0 fully saturated rings. The van der Waals surface area contributed by atoms with Crippen molar-refractivity contribution < 1.29 is 28.5 Å². The molecule has 0 bridgehead atoms. The molecule has 2 aromatic carbocycles. The summed E-state index contributed by atoms with van der Waals surface area (Å²) in [5.41, 5.74) is 2.73. The summed E-state index contributed by atoms with van der Waals surface area (Å²) in [6.45, 7) is 22.6. The lowest BCUT2D eigenvalue weighted by Gasteiger charge is -2.28. The van der Waals surface area contributed by atoms with Gasteiger partial charge in [-0.2, -0.15) is 0 Å². The second-order valence-corrected chi connectivity index (χ2v) is 10.6. The first kappa shape index (κ1) is 31.7. The number of carbonyl (C=O) groups is 2. The van der Waals surface area contributed by atoms with Crippen LogP contribution in [0.5, 0.6) is 11.5 Å². The van der Waals surface area contributed by atoms with Crippen LogP contribution in [0.25, 0.3) is 0 Å². The highest BCUT2D eigenvalue weighted by molar-refractivity contribution is 5.87. The zero-order valence-electron chi connectivity index (χ0n) is 24.7. The van der Waals surface area contributed by atoms with Crippen LogP contribution in [0.15, 0.2) is 72.8 Å². The van der Waals surface area contributed by atoms with Gasteiger partial charge < -0.3 is 18.9 Å². The minimum Gasteiger partial charge on any atom is -0.487 e. The van der Waals surface area contributed by atoms with Crippen molar-refractivity contribution in [1.82, 2.24) is 0 Å². The molecule has 4 atom stereocenters. The highest BCUT2D eigenvalue weighted by atomic mass is 16.6. The first-order chi connectivity index (χ1) is 18.3. The Balaban J connectivity index is 2.07. The maximum absolute atomic E-state index is 11.9. The van der Waals surface area contributed by atoms with Crippen LogP contribution in [0.4, 0.5) is 0 Å². The van der Waals surface area contributed by atoms with E-state index in [2.05, 4.69) is 51.3 Å². The van der Waals surface area contributed by atoms with Crippen LogP contribution in [0, 0.1) is 0 Å². The van der Waals surface area contributed by atoms with Crippen molar-refractivity contribution in [3.8, 4) is 11.5 Å². The number of hydrogen-bond donors (Lipinski definition) is 0. The van der Waals surface area contributed by atoms with E-state index in [0.717, 1.165) is 11.1 Å². The summed E-state index contributed by atoms with van der Waals surface area (Å²) in [5.74, 6) is 0.609. The van der Waals surface area contributed by atoms with Crippen molar-refractivity contribution in [2.75, 3.05) is 0 Å². The second kappa shape index (κ2) is 14.0. The molecule has 2 rings (SSSR count). The van der Waals surface area contributed by atoms with E-state index in [1.807, 2.05) is 52.0 Å². The van der Waals surface area contributed by atoms with Gasteiger partial charge in [0.25, 0.3) is 0 Å². The molecule has 0 N–H and O–H groups in total. The summed E-state index contributed by atoms with van der Waals surface area (Å²) in [4.78, 5) is 23.9. The largest absolute Gasteiger partial charge is 0.487 e. The molecular formula is C33H44O6. The van der Waals surface area contributed by atoms with Gasteiger partial charge in [-0.25, -0.2) is 9.59 Å². The molecule has 2 aromatic rings. The average Bonchev–Trinajstić information content (AvgIpc) is 2.90. The minimum absolute atomic E-state index is 0.264. The number of carbonyl (C=O) groups excluding carboxylic acids is 2. The lowest BCUT2D eigenvalue weighted by molar-refractivity contribution is -0.149. The third kappa shape index (κ3) is 8.74. The number of rotatable bonds is 14. The fraction of sp³-hybridized carbons (Fsp3) is 0.455. The molecule has 0 aromatic heterocycles. The van der Waals surface area contributed by atoms with Crippen LogP contribution in [0.2, 0.25) is 0 Å². The smallest absolute Gasteiger partial charge is 0.333 e. The zero-order valence-corrected chi connectivity index (χ0v) is 24.7. The van der Waals surface area contributed by atoms with Gasteiger partial charge >= 0.3 is 11.9 Å². The van der Waals surface area contributed by atoms with Gasteiger partial charge in [-0.15, -0.1) is 0 Å². The molecule has 0 radical (unpaired) electrons. The fourth-order valence-corrected chi connectivity index (χ4v) is 4.15. The average molecular weight is 537 g/mol. The van der Waals surface area contributed by atoms with E-state index in [9.17, 15) is 9.59 Å². The Morgan fingerprint density at radius 2 is 1.00 bits per heavy atom. The minimum atomic E-state index is -0.406. The summed E-state index contributed by atoms with van der Waals surface area (Å²) in [5, 5.41) is 0. The molecule has 0 amide bonds. The summed E-state index contributed by atoms with van der Waals surface area (Å²) >= 11 is 0. The van der Waals surface area contributed by atoms with E-state index in [4.69, 9.17) is 18.9 Å². The summed E-state index contributed by atoms with van der Waals surface area (Å²) in [6.07, 6.45) is -0.0445. The lowest BCUT2D eigenvalue weighted by Crippen LogP contribution is -2.33.